The van der Waals surface area contributed by atoms with Crippen molar-refractivity contribution in [2.75, 3.05) is 14.1 Å². The Balaban J connectivity index is 3.40. The van der Waals surface area contributed by atoms with Crippen molar-refractivity contribution in [1.29, 1.82) is 0 Å². The maximum absolute atomic E-state index is 11.7. The van der Waals surface area contributed by atoms with E-state index in [1.807, 2.05) is 0 Å². The Kier molecular flexibility index (Phi) is 3.04. The van der Waals surface area contributed by atoms with Gasteiger partial charge in [-0.1, -0.05) is 11.6 Å². The molecular weight excluding hydrogens is 224 g/mol. The first-order valence-electron chi connectivity index (χ1n) is 3.79. The lowest BCUT2D eigenvalue weighted by molar-refractivity contribution is 0.521. The van der Waals surface area contributed by atoms with Crippen molar-refractivity contribution in [2.24, 2.45) is 0 Å². The molecule has 0 bridgehead atoms. The van der Waals surface area contributed by atoms with Crippen molar-refractivity contribution >= 4 is 27.3 Å². The summed E-state index contributed by atoms with van der Waals surface area (Å²) in [5.74, 6) is 0. The highest BCUT2D eigenvalue weighted by Gasteiger charge is 2.20. The van der Waals surface area contributed by atoms with Crippen LogP contribution in [0.3, 0.4) is 0 Å². The molecule has 0 aliphatic heterocycles. The molecule has 0 heterocycles. The lowest BCUT2D eigenvalue weighted by atomic mass is 10.3. The second-order valence-electron chi connectivity index (χ2n) is 2.93. The molecule has 0 aromatic heterocycles. The predicted octanol–water partition coefficient (Wildman–Crippen LogP) is 1.50. The molecular formula is C8H10ClN2O2S. The first kappa shape index (κ1) is 11.3. The highest BCUT2D eigenvalue weighted by atomic mass is 35.5. The topological polar surface area (TPSA) is 61.2 Å². The quantitative estimate of drug-likeness (QED) is 0.777. The van der Waals surface area contributed by atoms with Gasteiger partial charge in [-0.25, -0.2) is 12.7 Å². The highest BCUT2D eigenvalue weighted by Crippen LogP contribution is 2.25. The van der Waals surface area contributed by atoms with Gasteiger partial charge in [-0.15, -0.1) is 0 Å². The van der Waals surface area contributed by atoms with E-state index in [-0.39, 0.29) is 15.6 Å². The fourth-order valence-corrected chi connectivity index (χ4v) is 2.29. The van der Waals surface area contributed by atoms with Gasteiger partial charge in [-0.2, -0.15) is 0 Å². The number of hydrogen-bond donors (Lipinski definition) is 0. The van der Waals surface area contributed by atoms with E-state index in [1.165, 1.54) is 32.3 Å². The minimum Gasteiger partial charge on any atom is -0.301 e. The number of sulfonamides is 1. The van der Waals surface area contributed by atoms with Gasteiger partial charge in [-0.3, -0.25) is 0 Å². The van der Waals surface area contributed by atoms with Gasteiger partial charge in [0.25, 0.3) is 0 Å². The smallest absolute Gasteiger partial charge is 0.244 e. The Labute approximate surface area is 88.3 Å². The Bertz CT molecular complexity index is 443. The van der Waals surface area contributed by atoms with Crippen molar-refractivity contribution in [2.45, 2.75) is 4.90 Å². The summed E-state index contributed by atoms with van der Waals surface area (Å²) in [6, 6.07) is 4.08. The molecule has 0 fully saturated rings. The summed E-state index contributed by atoms with van der Waals surface area (Å²) >= 11 is 5.74. The Morgan fingerprint density at radius 3 is 2.43 bits per heavy atom. The van der Waals surface area contributed by atoms with Crippen LogP contribution in [0.4, 0.5) is 5.69 Å². The van der Waals surface area contributed by atoms with Gasteiger partial charge in [0.1, 0.15) is 4.90 Å². The van der Waals surface area contributed by atoms with Gasteiger partial charge in [0.2, 0.25) is 10.0 Å². The third-order valence-corrected chi connectivity index (χ3v) is 3.99. The molecule has 0 saturated heterocycles. The van der Waals surface area contributed by atoms with Crippen LogP contribution in [0.25, 0.3) is 0 Å². The molecule has 1 aromatic rings. The van der Waals surface area contributed by atoms with Crippen molar-refractivity contribution < 1.29 is 8.42 Å². The monoisotopic (exact) mass is 233 g/mol. The molecule has 0 aliphatic carbocycles. The largest absolute Gasteiger partial charge is 0.301 e. The SMILES string of the molecule is CN(C)S(=O)(=O)c1cc([NH])ccc1Cl. The molecule has 4 nitrogen and oxygen atoms in total. The average Bonchev–Trinajstić information content (AvgIpc) is 2.08. The van der Waals surface area contributed by atoms with Crippen molar-refractivity contribution in [1.82, 2.24) is 10.0 Å². The summed E-state index contributed by atoms with van der Waals surface area (Å²) in [6.45, 7) is 0. The number of rotatable bonds is 2. The Morgan fingerprint density at radius 2 is 1.93 bits per heavy atom. The van der Waals surface area contributed by atoms with Crippen LogP contribution in [0.1, 0.15) is 0 Å². The zero-order valence-electron chi connectivity index (χ0n) is 7.78. The molecule has 14 heavy (non-hydrogen) atoms. The van der Waals surface area contributed by atoms with Crippen LogP contribution in [0, 0.1) is 0 Å². The summed E-state index contributed by atoms with van der Waals surface area (Å²) in [6.07, 6.45) is 0. The van der Waals surface area contributed by atoms with E-state index in [1.54, 1.807) is 0 Å². The number of hydrogen-bond acceptors (Lipinski definition) is 2. The fourth-order valence-electron chi connectivity index (χ4n) is 0.898. The summed E-state index contributed by atoms with van der Waals surface area (Å²) in [4.78, 5) is -0.0309. The standard InChI is InChI=1S/C8H10ClN2O2S/c1-11(2)14(12,13)8-5-6(10)3-4-7(8)9/h3-5,10H,1-2H3. The molecule has 6 heteroatoms. The summed E-state index contributed by atoms with van der Waals surface area (Å²) in [5.41, 5.74) is 7.43. The minimum absolute atomic E-state index is 0.0309. The molecule has 1 N–H and O–H groups in total. The van der Waals surface area contributed by atoms with Crippen LogP contribution < -0.4 is 5.73 Å². The van der Waals surface area contributed by atoms with E-state index >= 15 is 0 Å². The average molecular weight is 234 g/mol. The van der Waals surface area contributed by atoms with Crippen LogP contribution >= 0.6 is 11.6 Å². The minimum atomic E-state index is -3.55. The normalized spacial score (nSPS) is 12.0. The summed E-state index contributed by atoms with van der Waals surface area (Å²) in [5, 5.41) is 0.134. The highest BCUT2D eigenvalue weighted by molar-refractivity contribution is 7.89. The molecule has 0 spiro atoms. The maximum atomic E-state index is 11.7. The van der Waals surface area contributed by atoms with E-state index in [4.69, 9.17) is 17.3 Å². The van der Waals surface area contributed by atoms with E-state index < -0.39 is 10.0 Å². The second kappa shape index (κ2) is 3.76. The number of nitrogens with zero attached hydrogens (tertiary/aromatic N) is 1. The predicted molar refractivity (Wildman–Crippen MR) is 55.1 cm³/mol. The van der Waals surface area contributed by atoms with Gasteiger partial charge in [0, 0.05) is 14.1 Å². The molecule has 0 atom stereocenters. The van der Waals surface area contributed by atoms with Crippen molar-refractivity contribution in [3.8, 4) is 0 Å². The van der Waals surface area contributed by atoms with Crippen LogP contribution in [-0.4, -0.2) is 26.8 Å². The molecule has 0 unspecified atom stereocenters. The third kappa shape index (κ3) is 2.00. The fraction of sp³-hybridized carbons (Fsp3) is 0.250. The number of benzene rings is 1. The zero-order valence-corrected chi connectivity index (χ0v) is 9.35. The van der Waals surface area contributed by atoms with Crippen LogP contribution in [-0.2, 0) is 10.0 Å². The Hall–Kier alpha value is -0.780. The van der Waals surface area contributed by atoms with E-state index in [2.05, 4.69) is 0 Å². The summed E-state index contributed by atoms with van der Waals surface area (Å²) in [7, 11) is -0.711. The molecule has 0 amide bonds. The summed E-state index contributed by atoms with van der Waals surface area (Å²) < 4.78 is 24.4. The second-order valence-corrected chi connectivity index (χ2v) is 5.46. The third-order valence-electron chi connectivity index (χ3n) is 1.69. The Morgan fingerprint density at radius 1 is 1.36 bits per heavy atom. The van der Waals surface area contributed by atoms with Gasteiger partial charge in [0.15, 0.2) is 0 Å². The molecule has 1 aromatic carbocycles. The molecule has 0 saturated carbocycles. The lowest BCUT2D eigenvalue weighted by Crippen LogP contribution is -2.22. The molecule has 1 radical (unpaired) electrons. The van der Waals surface area contributed by atoms with Crippen LogP contribution in [0.2, 0.25) is 5.02 Å². The first-order chi connectivity index (χ1) is 6.35. The van der Waals surface area contributed by atoms with Gasteiger partial charge < -0.3 is 5.73 Å². The molecule has 77 valence electrons. The van der Waals surface area contributed by atoms with E-state index in [9.17, 15) is 8.42 Å². The lowest BCUT2D eigenvalue weighted by Gasteiger charge is -2.12. The van der Waals surface area contributed by atoms with E-state index in [0.717, 1.165) is 4.31 Å². The number of nitrogens with one attached hydrogen (secondary N) is 1. The number of halogens is 1. The van der Waals surface area contributed by atoms with Crippen LogP contribution in [0.5, 0.6) is 0 Å². The molecule has 0 aliphatic rings. The first-order valence-corrected chi connectivity index (χ1v) is 5.61. The maximum Gasteiger partial charge on any atom is 0.244 e. The van der Waals surface area contributed by atoms with E-state index in [0.29, 0.717) is 0 Å². The zero-order chi connectivity index (χ0) is 10.9. The van der Waals surface area contributed by atoms with Gasteiger partial charge >= 0.3 is 0 Å². The van der Waals surface area contributed by atoms with Crippen molar-refractivity contribution in [3.63, 3.8) is 0 Å². The van der Waals surface area contributed by atoms with Crippen LogP contribution in [0.15, 0.2) is 23.1 Å². The van der Waals surface area contributed by atoms with Gasteiger partial charge in [0.05, 0.1) is 10.7 Å². The molecule has 1 rings (SSSR count). The van der Waals surface area contributed by atoms with Crippen molar-refractivity contribution in [3.05, 3.63) is 23.2 Å². The van der Waals surface area contributed by atoms with Gasteiger partial charge in [-0.05, 0) is 18.2 Å².